The van der Waals surface area contributed by atoms with Gasteiger partial charge in [-0.15, -0.1) is 0 Å². The van der Waals surface area contributed by atoms with Gasteiger partial charge in [0.05, 0.1) is 0 Å². The highest BCUT2D eigenvalue weighted by Gasteiger charge is 2.35. The van der Waals surface area contributed by atoms with Gasteiger partial charge in [0.15, 0.2) is 11.5 Å². The van der Waals surface area contributed by atoms with Gasteiger partial charge in [-0.25, -0.2) is 4.98 Å². The molecule has 4 nitrogen and oxygen atoms in total. The summed E-state index contributed by atoms with van der Waals surface area (Å²) in [7, 11) is 0. The highest BCUT2D eigenvalue weighted by atomic mass is 16.3. The van der Waals surface area contributed by atoms with Crippen LogP contribution in [-0.4, -0.2) is 35.1 Å². The van der Waals surface area contributed by atoms with Crippen molar-refractivity contribution in [2.24, 2.45) is 0 Å². The lowest BCUT2D eigenvalue weighted by Gasteiger charge is -2.32. The van der Waals surface area contributed by atoms with Crippen LogP contribution >= 0.6 is 0 Å². The number of fused-ring (bicyclic) bond motifs is 2. The maximum absolute atomic E-state index is 5.68. The molecule has 1 N–H and O–H groups in total. The molecule has 21 heavy (non-hydrogen) atoms. The summed E-state index contributed by atoms with van der Waals surface area (Å²) in [6.45, 7) is 4.60. The summed E-state index contributed by atoms with van der Waals surface area (Å²) in [4.78, 5) is 7.19. The molecule has 0 spiro atoms. The zero-order valence-corrected chi connectivity index (χ0v) is 12.6. The smallest absolute Gasteiger partial charge is 0.195 e. The fraction of sp³-hybridized carbons (Fsp3) is 0.588. The van der Waals surface area contributed by atoms with Gasteiger partial charge in [-0.3, -0.25) is 4.90 Å². The minimum absolute atomic E-state index is 0.584. The van der Waals surface area contributed by atoms with E-state index < -0.39 is 0 Å². The molecule has 2 aliphatic rings. The van der Waals surface area contributed by atoms with Crippen molar-refractivity contribution in [2.45, 2.75) is 51.1 Å². The van der Waals surface area contributed by atoms with E-state index >= 15 is 0 Å². The summed E-state index contributed by atoms with van der Waals surface area (Å²) >= 11 is 0. The van der Waals surface area contributed by atoms with Gasteiger partial charge in [-0.2, -0.15) is 0 Å². The first-order valence-corrected chi connectivity index (χ1v) is 8.23. The van der Waals surface area contributed by atoms with Crippen molar-refractivity contribution in [1.82, 2.24) is 9.88 Å². The topological polar surface area (TPSA) is 41.3 Å². The number of aryl methyl sites for hydroxylation is 1. The number of oxazole rings is 1. The van der Waals surface area contributed by atoms with Crippen molar-refractivity contribution in [3.8, 4) is 0 Å². The molecule has 2 aromatic rings. The van der Waals surface area contributed by atoms with Crippen LogP contribution in [0.15, 0.2) is 22.6 Å². The number of hydrogen-bond acceptors (Lipinski definition) is 4. The maximum atomic E-state index is 5.68. The molecule has 1 aromatic heterocycles. The molecule has 0 radical (unpaired) electrons. The maximum Gasteiger partial charge on any atom is 0.195 e. The lowest BCUT2D eigenvalue weighted by Crippen LogP contribution is -2.41. The van der Waals surface area contributed by atoms with Crippen molar-refractivity contribution in [1.29, 1.82) is 0 Å². The lowest BCUT2D eigenvalue weighted by atomic mass is 9.99. The van der Waals surface area contributed by atoms with E-state index in [0.717, 1.165) is 29.5 Å². The molecule has 112 valence electrons. The van der Waals surface area contributed by atoms with Gasteiger partial charge in [0, 0.05) is 30.7 Å². The monoisotopic (exact) mass is 285 g/mol. The van der Waals surface area contributed by atoms with E-state index in [2.05, 4.69) is 34.3 Å². The third kappa shape index (κ3) is 2.42. The standard InChI is InChI=1S/C17H23N3O/c1-2-17-19-14-11-12(6-7-16(14)21-17)18-13-8-10-20-9-4-3-5-15(13)20/h6-7,11,13,15,18H,2-5,8-10H2,1H3. The number of benzene rings is 1. The molecular formula is C17H23N3O. The summed E-state index contributed by atoms with van der Waals surface area (Å²) in [5, 5.41) is 3.74. The molecular weight excluding hydrogens is 262 g/mol. The quantitative estimate of drug-likeness (QED) is 0.938. The first kappa shape index (κ1) is 13.1. The highest BCUT2D eigenvalue weighted by molar-refractivity contribution is 5.77. The van der Waals surface area contributed by atoms with E-state index in [4.69, 9.17) is 4.42 Å². The largest absolute Gasteiger partial charge is 0.441 e. The molecule has 2 aliphatic heterocycles. The van der Waals surface area contributed by atoms with Crippen LogP contribution in [-0.2, 0) is 6.42 Å². The third-order valence-electron chi connectivity index (χ3n) is 4.94. The average Bonchev–Trinajstić information content (AvgIpc) is 3.11. The molecule has 2 atom stereocenters. The van der Waals surface area contributed by atoms with Gasteiger partial charge in [-0.05, 0) is 44.0 Å². The first-order valence-electron chi connectivity index (χ1n) is 8.23. The van der Waals surface area contributed by atoms with Crippen LogP contribution in [0, 0.1) is 0 Å². The Morgan fingerprint density at radius 2 is 2.24 bits per heavy atom. The Morgan fingerprint density at radius 1 is 1.29 bits per heavy atom. The van der Waals surface area contributed by atoms with Crippen LogP contribution in [0.5, 0.6) is 0 Å². The van der Waals surface area contributed by atoms with Crippen LogP contribution < -0.4 is 5.32 Å². The number of anilines is 1. The zero-order chi connectivity index (χ0) is 14.2. The molecule has 2 saturated heterocycles. The molecule has 0 amide bonds. The van der Waals surface area contributed by atoms with Crippen molar-refractivity contribution in [3.05, 3.63) is 24.1 Å². The van der Waals surface area contributed by atoms with E-state index in [1.807, 2.05) is 6.07 Å². The van der Waals surface area contributed by atoms with Crippen molar-refractivity contribution in [2.75, 3.05) is 18.4 Å². The van der Waals surface area contributed by atoms with E-state index in [1.54, 1.807) is 0 Å². The second-order valence-electron chi connectivity index (χ2n) is 6.28. The summed E-state index contributed by atoms with van der Waals surface area (Å²) in [5.74, 6) is 0.821. The van der Waals surface area contributed by atoms with E-state index in [9.17, 15) is 0 Å². The van der Waals surface area contributed by atoms with Gasteiger partial charge >= 0.3 is 0 Å². The molecule has 2 fully saturated rings. The Hall–Kier alpha value is -1.55. The summed E-state index contributed by atoms with van der Waals surface area (Å²) in [5.41, 5.74) is 3.04. The molecule has 1 aromatic carbocycles. The number of piperidine rings is 1. The second-order valence-corrected chi connectivity index (χ2v) is 6.28. The Balaban J connectivity index is 1.53. The van der Waals surface area contributed by atoms with Gasteiger partial charge in [0.2, 0.25) is 0 Å². The molecule has 0 bridgehead atoms. The Labute approximate surface area is 125 Å². The average molecular weight is 285 g/mol. The van der Waals surface area contributed by atoms with Crippen LogP contribution in [0.1, 0.15) is 38.5 Å². The summed E-state index contributed by atoms with van der Waals surface area (Å²) < 4.78 is 5.68. The predicted molar refractivity (Wildman–Crippen MR) is 84.6 cm³/mol. The van der Waals surface area contributed by atoms with Gasteiger partial charge in [0.25, 0.3) is 0 Å². The van der Waals surface area contributed by atoms with E-state index in [0.29, 0.717) is 6.04 Å². The number of rotatable bonds is 3. The van der Waals surface area contributed by atoms with Gasteiger partial charge in [0.1, 0.15) is 5.52 Å². The van der Waals surface area contributed by atoms with Gasteiger partial charge < -0.3 is 9.73 Å². The molecule has 4 rings (SSSR count). The number of aromatic nitrogens is 1. The Bertz CT molecular complexity index is 636. The molecule has 3 heterocycles. The van der Waals surface area contributed by atoms with Gasteiger partial charge in [-0.1, -0.05) is 13.3 Å². The Kier molecular flexibility index (Phi) is 3.34. The van der Waals surface area contributed by atoms with Crippen LogP contribution in [0.2, 0.25) is 0 Å². The lowest BCUT2D eigenvalue weighted by molar-refractivity contribution is 0.193. The normalized spacial score (nSPS) is 26.1. The van der Waals surface area contributed by atoms with Crippen molar-refractivity contribution in [3.63, 3.8) is 0 Å². The first-order chi connectivity index (χ1) is 10.3. The van der Waals surface area contributed by atoms with Crippen molar-refractivity contribution < 1.29 is 4.42 Å². The number of nitrogens with zero attached hydrogens (tertiary/aromatic N) is 2. The van der Waals surface area contributed by atoms with Crippen LogP contribution in [0.25, 0.3) is 11.1 Å². The van der Waals surface area contributed by atoms with Crippen molar-refractivity contribution >= 4 is 16.8 Å². The van der Waals surface area contributed by atoms with E-state index in [1.165, 1.54) is 44.5 Å². The third-order valence-corrected chi connectivity index (χ3v) is 4.94. The molecule has 2 unspecified atom stereocenters. The highest BCUT2D eigenvalue weighted by Crippen LogP contribution is 2.30. The zero-order valence-electron chi connectivity index (χ0n) is 12.6. The minimum Gasteiger partial charge on any atom is -0.441 e. The SMILES string of the molecule is CCc1nc2cc(NC3CCN4CCCCC34)ccc2o1. The Morgan fingerprint density at radius 3 is 3.14 bits per heavy atom. The fourth-order valence-corrected chi connectivity index (χ4v) is 3.85. The second kappa shape index (κ2) is 5.34. The van der Waals surface area contributed by atoms with Crippen LogP contribution in [0.4, 0.5) is 5.69 Å². The van der Waals surface area contributed by atoms with E-state index in [-0.39, 0.29) is 0 Å². The number of nitrogens with one attached hydrogen (secondary N) is 1. The molecule has 4 heteroatoms. The predicted octanol–water partition coefficient (Wildman–Crippen LogP) is 3.43. The summed E-state index contributed by atoms with van der Waals surface area (Å²) in [6.07, 6.45) is 6.18. The molecule has 0 aliphatic carbocycles. The van der Waals surface area contributed by atoms with Crippen LogP contribution in [0.3, 0.4) is 0 Å². The fourth-order valence-electron chi connectivity index (χ4n) is 3.85. The molecule has 0 saturated carbocycles. The number of hydrogen-bond donors (Lipinski definition) is 1. The minimum atomic E-state index is 0.584. The summed E-state index contributed by atoms with van der Waals surface area (Å²) in [6, 6.07) is 7.59.